The number of sulfone groups is 1. The van der Waals surface area contributed by atoms with Crippen LogP contribution in [0.15, 0.2) is 4.99 Å². The van der Waals surface area contributed by atoms with Crippen molar-refractivity contribution in [2.24, 2.45) is 10.9 Å². The van der Waals surface area contributed by atoms with Crippen molar-refractivity contribution in [1.82, 2.24) is 10.6 Å². The topological polar surface area (TPSA) is 79.8 Å². The minimum Gasteiger partial charge on any atom is -0.378 e. The summed E-state index contributed by atoms with van der Waals surface area (Å²) in [5, 5.41) is 6.33. The highest BCUT2D eigenvalue weighted by atomic mass is 127. The molecule has 0 saturated heterocycles. The smallest absolute Gasteiger partial charge is 0.191 e. The van der Waals surface area contributed by atoms with Crippen molar-refractivity contribution in [3.8, 4) is 0 Å². The predicted molar refractivity (Wildman–Crippen MR) is 125 cm³/mol. The van der Waals surface area contributed by atoms with Crippen molar-refractivity contribution in [2.75, 3.05) is 32.0 Å². The van der Waals surface area contributed by atoms with E-state index in [1.165, 1.54) is 25.7 Å². The molecule has 1 aliphatic rings. The summed E-state index contributed by atoms with van der Waals surface area (Å²) in [5.74, 6) is 1.45. The molecule has 2 N–H and O–H groups in total. The van der Waals surface area contributed by atoms with Gasteiger partial charge in [-0.2, -0.15) is 0 Å². The molecule has 1 fully saturated rings. The zero-order chi connectivity index (χ0) is 19.6. The van der Waals surface area contributed by atoms with Crippen LogP contribution in [0, 0.1) is 5.92 Å². The van der Waals surface area contributed by atoms with Crippen LogP contribution in [0.1, 0.15) is 66.7 Å². The molecule has 0 aromatic carbocycles. The molecular weight excluding hydrogens is 477 g/mol. The van der Waals surface area contributed by atoms with Gasteiger partial charge in [0.05, 0.1) is 16.6 Å². The van der Waals surface area contributed by atoms with E-state index in [4.69, 9.17) is 4.74 Å². The van der Waals surface area contributed by atoms with Gasteiger partial charge >= 0.3 is 0 Å². The van der Waals surface area contributed by atoms with E-state index in [-0.39, 0.29) is 35.8 Å². The molecule has 1 rings (SSSR count). The average Bonchev–Trinajstić information content (AvgIpc) is 3.07. The lowest BCUT2D eigenvalue weighted by Gasteiger charge is -2.23. The van der Waals surface area contributed by atoms with E-state index in [1.807, 2.05) is 13.8 Å². The number of hydrogen-bond acceptors (Lipinski definition) is 4. The fourth-order valence-corrected chi connectivity index (χ4v) is 4.24. The van der Waals surface area contributed by atoms with Crippen molar-refractivity contribution in [2.45, 2.75) is 77.6 Å². The second-order valence-corrected chi connectivity index (χ2v) is 10.8. The molecule has 0 aliphatic heterocycles. The standard InChI is InChI=1S/C19H39N3O3S.HI/c1-6-20-18(22-14-15-26(23,24)19(3,4)5)21-13-12-17(25-7-2)16-10-8-9-11-16;/h16-17H,6-15H2,1-5H3,(H2,20,21,22);1H. The lowest BCUT2D eigenvalue weighted by Crippen LogP contribution is -2.42. The van der Waals surface area contributed by atoms with Crippen molar-refractivity contribution in [3.63, 3.8) is 0 Å². The molecule has 1 aliphatic carbocycles. The molecule has 8 heteroatoms. The van der Waals surface area contributed by atoms with Gasteiger partial charge in [0.25, 0.3) is 0 Å². The van der Waals surface area contributed by atoms with Crippen molar-refractivity contribution in [3.05, 3.63) is 0 Å². The Kier molecular flexibility index (Phi) is 13.1. The first-order valence-corrected chi connectivity index (χ1v) is 11.7. The van der Waals surface area contributed by atoms with Gasteiger partial charge in [-0.25, -0.2) is 8.42 Å². The van der Waals surface area contributed by atoms with Crippen molar-refractivity contribution < 1.29 is 13.2 Å². The highest BCUT2D eigenvalue weighted by molar-refractivity contribution is 14.0. The molecule has 0 aromatic rings. The first kappa shape index (κ1) is 26.9. The van der Waals surface area contributed by atoms with Crippen LogP contribution in [0.3, 0.4) is 0 Å². The van der Waals surface area contributed by atoms with Crippen LogP contribution in [0.2, 0.25) is 0 Å². The third-order valence-electron chi connectivity index (χ3n) is 4.93. The van der Waals surface area contributed by atoms with E-state index in [1.54, 1.807) is 20.8 Å². The van der Waals surface area contributed by atoms with Gasteiger partial charge in [0.2, 0.25) is 0 Å². The molecule has 0 heterocycles. The Labute approximate surface area is 183 Å². The fraction of sp³-hybridized carbons (Fsp3) is 0.947. The molecule has 162 valence electrons. The summed E-state index contributed by atoms with van der Waals surface area (Å²) < 4.78 is 29.6. The number of nitrogens with zero attached hydrogens (tertiary/aromatic N) is 1. The monoisotopic (exact) mass is 517 g/mol. The average molecular weight is 518 g/mol. The summed E-state index contributed by atoms with van der Waals surface area (Å²) in [7, 11) is -3.13. The van der Waals surface area contributed by atoms with Crippen LogP contribution in [0.25, 0.3) is 0 Å². The molecule has 0 radical (unpaired) electrons. The second-order valence-electron chi connectivity index (χ2n) is 7.95. The van der Waals surface area contributed by atoms with Gasteiger partial charge in [-0.3, -0.25) is 4.99 Å². The second kappa shape index (κ2) is 13.2. The Morgan fingerprint density at radius 1 is 1.19 bits per heavy atom. The molecule has 1 atom stereocenters. The Morgan fingerprint density at radius 2 is 1.81 bits per heavy atom. The number of ether oxygens (including phenoxy) is 1. The largest absolute Gasteiger partial charge is 0.378 e. The summed E-state index contributed by atoms with van der Waals surface area (Å²) in [5.41, 5.74) is 0. The van der Waals surface area contributed by atoms with E-state index in [0.717, 1.165) is 19.6 Å². The van der Waals surface area contributed by atoms with Gasteiger partial charge in [-0.15, -0.1) is 24.0 Å². The summed E-state index contributed by atoms with van der Waals surface area (Å²) in [4.78, 5) is 4.61. The molecule has 0 aromatic heterocycles. The van der Waals surface area contributed by atoms with Gasteiger partial charge in [0, 0.05) is 26.2 Å². The molecule has 0 bridgehead atoms. The minimum atomic E-state index is -3.13. The summed E-state index contributed by atoms with van der Waals surface area (Å²) in [6.45, 7) is 11.8. The van der Waals surface area contributed by atoms with Crippen LogP contribution in [0.5, 0.6) is 0 Å². The van der Waals surface area contributed by atoms with Gasteiger partial charge in [0.1, 0.15) is 0 Å². The van der Waals surface area contributed by atoms with Gasteiger partial charge in [0.15, 0.2) is 15.8 Å². The lowest BCUT2D eigenvalue weighted by atomic mass is 9.98. The van der Waals surface area contributed by atoms with Crippen molar-refractivity contribution in [1.29, 1.82) is 0 Å². The molecule has 1 unspecified atom stereocenters. The van der Waals surface area contributed by atoms with Crippen molar-refractivity contribution >= 4 is 39.8 Å². The van der Waals surface area contributed by atoms with Crippen LogP contribution in [0.4, 0.5) is 0 Å². The fourth-order valence-electron chi connectivity index (χ4n) is 3.25. The Morgan fingerprint density at radius 3 is 2.33 bits per heavy atom. The van der Waals surface area contributed by atoms with E-state index >= 15 is 0 Å². The zero-order valence-electron chi connectivity index (χ0n) is 17.7. The normalized spacial score (nSPS) is 17.4. The van der Waals surface area contributed by atoms with Crippen LogP contribution in [-0.4, -0.2) is 57.2 Å². The summed E-state index contributed by atoms with van der Waals surface area (Å²) in [6, 6.07) is 0. The Bertz CT molecular complexity index is 527. The Balaban J connectivity index is 0.00000676. The maximum atomic E-state index is 12.2. The highest BCUT2D eigenvalue weighted by Gasteiger charge is 2.28. The SMILES string of the molecule is CCNC(=NCCC(OCC)C1CCCC1)NCCS(=O)(=O)C(C)(C)C.I. The summed E-state index contributed by atoms with van der Waals surface area (Å²) >= 11 is 0. The number of halogens is 1. The molecule has 1 saturated carbocycles. The maximum absolute atomic E-state index is 12.2. The number of rotatable bonds is 10. The van der Waals surface area contributed by atoms with Gasteiger partial charge in [-0.1, -0.05) is 12.8 Å². The number of hydrogen-bond donors (Lipinski definition) is 2. The molecular formula is C19H40IN3O3S. The molecule has 27 heavy (non-hydrogen) atoms. The van der Waals surface area contributed by atoms with Crippen LogP contribution >= 0.6 is 24.0 Å². The first-order valence-electron chi connectivity index (χ1n) is 10.1. The first-order chi connectivity index (χ1) is 12.2. The van der Waals surface area contributed by atoms with Gasteiger partial charge < -0.3 is 15.4 Å². The highest BCUT2D eigenvalue weighted by Crippen LogP contribution is 2.30. The number of guanidine groups is 1. The minimum absolute atomic E-state index is 0. The van der Waals surface area contributed by atoms with Gasteiger partial charge in [-0.05, 0) is 59.8 Å². The lowest BCUT2D eigenvalue weighted by molar-refractivity contribution is 0.0177. The zero-order valence-corrected chi connectivity index (χ0v) is 20.9. The third-order valence-corrected chi connectivity index (χ3v) is 7.54. The quantitative estimate of drug-likeness (QED) is 0.264. The predicted octanol–water partition coefficient (Wildman–Crippen LogP) is 3.36. The molecule has 0 spiro atoms. The van der Waals surface area contributed by atoms with E-state index in [2.05, 4.69) is 15.6 Å². The van der Waals surface area contributed by atoms with E-state index in [0.29, 0.717) is 25.0 Å². The Hall–Kier alpha value is -0.0900. The number of nitrogens with one attached hydrogen (secondary N) is 2. The van der Waals surface area contributed by atoms with E-state index < -0.39 is 14.6 Å². The molecule has 0 amide bonds. The third kappa shape index (κ3) is 9.78. The van der Waals surface area contributed by atoms with E-state index in [9.17, 15) is 8.42 Å². The maximum Gasteiger partial charge on any atom is 0.191 e. The van der Waals surface area contributed by atoms with Crippen LogP contribution < -0.4 is 10.6 Å². The van der Waals surface area contributed by atoms with Crippen LogP contribution in [-0.2, 0) is 14.6 Å². The number of aliphatic imine (C=N–C) groups is 1. The molecule has 6 nitrogen and oxygen atoms in total. The summed E-state index contributed by atoms with van der Waals surface area (Å²) in [6.07, 6.45) is 6.34.